The van der Waals surface area contributed by atoms with Crippen molar-refractivity contribution in [3.63, 3.8) is 0 Å². The summed E-state index contributed by atoms with van der Waals surface area (Å²) in [5.74, 6) is 0.715. The molecule has 0 atom stereocenters. The molecule has 0 amide bonds. The SMILES string of the molecule is FC(F)(F)c1ccc(CCn2c(-c3ccccc3)n[nH]c2=S)cc1. The monoisotopic (exact) mass is 349 g/mol. The van der Waals surface area contributed by atoms with Crippen molar-refractivity contribution in [1.29, 1.82) is 0 Å². The van der Waals surface area contributed by atoms with Gasteiger partial charge in [0.15, 0.2) is 10.6 Å². The molecule has 0 aliphatic rings. The molecule has 0 bridgehead atoms. The van der Waals surface area contributed by atoms with Gasteiger partial charge in [0.25, 0.3) is 0 Å². The van der Waals surface area contributed by atoms with E-state index in [0.29, 0.717) is 23.6 Å². The zero-order valence-electron chi connectivity index (χ0n) is 12.5. The molecule has 24 heavy (non-hydrogen) atoms. The summed E-state index contributed by atoms with van der Waals surface area (Å²) in [7, 11) is 0. The average molecular weight is 349 g/mol. The Balaban J connectivity index is 1.78. The van der Waals surface area contributed by atoms with Gasteiger partial charge in [0.2, 0.25) is 0 Å². The van der Waals surface area contributed by atoms with Crippen LogP contribution in [0.25, 0.3) is 11.4 Å². The number of hydrogen-bond donors (Lipinski definition) is 1. The second-order valence-electron chi connectivity index (χ2n) is 5.31. The van der Waals surface area contributed by atoms with E-state index in [4.69, 9.17) is 12.2 Å². The fourth-order valence-electron chi connectivity index (χ4n) is 2.43. The number of alkyl halides is 3. The molecule has 124 valence electrons. The van der Waals surface area contributed by atoms with Crippen LogP contribution in [0.2, 0.25) is 0 Å². The molecule has 0 saturated heterocycles. The molecule has 0 aliphatic carbocycles. The summed E-state index contributed by atoms with van der Waals surface area (Å²) >= 11 is 5.25. The number of nitrogens with zero attached hydrogens (tertiary/aromatic N) is 2. The maximum absolute atomic E-state index is 12.6. The highest BCUT2D eigenvalue weighted by Crippen LogP contribution is 2.29. The number of aryl methyl sites for hydroxylation is 1. The van der Waals surface area contributed by atoms with Crippen LogP contribution in [0, 0.1) is 4.77 Å². The molecule has 2 aromatic carbocycles. The summed E-state index contributed by atoms with van der Waals surface area (Å²) in [5, 5.41) is 7.01. The first-order chi connectivity index (χ1) is 11.4. The van der Waals surface area contributed by atoms with E-state index in [0.717, 1.165) is 23.3 Å². The Bertz CT molecular complexity index is 865. The fraction of sp³-hybridized carbons (Fsp3) is 0.176. The molecular weight excluding hydrogens is 335 g/mol. The van der Waals surface area contributed by atoms with Gasteiger partial charge in [-0.2, -0.15) is 18.3 Å². The number of aromatic amines is 1. The Kier molecular flexibility index (Phi) is 4.53. The third kappa shape index (κ3) is 3.56. The number of nitrogens with one attached hydrogen (secondary N) is 1. The summed E-state index contributed by atoms with van der Waals surface area (Å²) in [4.78, 5) is 0. The Morgan fingerprint density at radius 1 is 1.00 bits per heavy atom. The first-order valence-electron chi connectivity index (χ1n) is 7.32. The molecule has 0 radical (unpaired) electrons. The minimum Gasteiger partial charge on any atom is -0.300 e. The highest BCUT2D eigenvalue weighted by atomic mass is 32.1. The second kappa shape index (κ2) is 6.60. The Labute approximate surface area is 141 Å². The standard InChI is InChI=1S/C17H14F3N3S/c18-17(19,20)14-8-6-12(7-9-14)10-11-23-15(21-22-16(23)24)13-4-2-1-3-5-13/h1-9H,10-11H2,(H,22,24). The Morgan fingerprint density at radius 2 is 1.67 bits per heavy atom. The zero-order valence-corrected chi connectivity index (χ0v) is 13.4. The van der Waals surface area contributed by atoms with Crippen LogP contribution in [0.5, 0.6) is 0 Å². The summed E-state index contributed by atoms with van der Waals surface area (Å²) in [6.07, 6.45) is -3.75. The van der Waals surface area contributed by atoms with Crippen LogP contribution < -0.4 is 0 Å². The summed E-state index contributed by atoms with van der Waals surface area (Å²) < 4.78 is 40.1. The van der Waals surface area contributed by atoms with E-state index in [2.05, 4.69) is 10.2 Å². The lowest BCUT2D eigenvalue weighted by atomic mass is 10.1. The topological polar surface area (TPSA) is 33.6 Å². The number of rotatable bonds is 4. The maximum Gasteiger partial charge on any atom is 0.416 e. The van der Waals surface area contributed by atoms with Gasteiger partial charge in [0, 0.05) is 12.1 Å². The summed E-state index contributed by atoms with van der Waals surface area (Å²) in [5.41, 5.74) is 1.10. The van der Waals surface area contributed by atoms with E-state index in [1.807, 2.05) is 34.9 Å². The number of halogens is 3. The van der Waals surface area contributed by atoms with Crippen molar-refractivity contribution in [1.82, 2.24) is 14.8 Å². The van der Waals surface area contributed by atoms with Crippen LogP contribution in [-0.4, -0.2) is 14.8 Å². The fourth-order valence-corrected chi connectivity index (χ4v) is 2.66. The predicted octanol–water partition coefficient (Wildman–Crippen LogP) is 4.87. The summed E-state index contributed by atoms with van der Waals surface area (Å²) in [6, 6.07) is 14.8. The molecule has 0 saturated carbocycles. The average Bonchev–Trinajstić information content (AvgIpc) is 2.94. The van der Waals surface area contributed by atoms with Crippen molar-refractivity contribution in [3.05, 3.63) is 70.5 Å². The lowest BCUT2D eigenvalue weighted by Gasteiger charge is -2.09. The van der Waals surface area contributed by atoms with Gasteiger partial charge in [-0.25, -0.2) is 0 Å². The molecule has 0 unspecified atom stereocenters. The number of benzene rings is 2. The first-order valence-corrected chi connectivity index (χ1v) is 7.73. The molecule has 7 heteroatoms. The first kappa shape index (κ1) is 16.4. The van der Waals surface area contributed by atoms with Crippen molar-refractivity contribution < 1.29 is 13.2 Å². The quantitative estimate of drug-likeness (QED) is 0.682. The highest BCUT2D eigenvalue weighted by molar-refractivity contribution is 7.71. The summed E-state index contributed by atoms with van der Waals surface area (Å²) in [6.45, 7) is 0.533. The van der Waals surface area contributed by atoms with Gasteiger partial charge < -0.3 is 0 Å². The van der Waals surface area contributed by atoms with E-state index in [9.17, 15) is 13.2 Å². The molecular formula is C17H14F3N3S. The third-order valence-corrected chi connectivity index (χ3v) is 4.01. The third-order valence-electron chi connectivity index (χ3n) is 3.70. The van der Waals surface area contributed by atoms with Gasteiger partial charge in [-0.05, 0) is 36.3 Å². The molecule has 3 rings (SSSR count). The van der Waals surface area contributed by atoms with Crippen LogP contribution >= 0.6 is 12.2 Å². The number of aromatic nitrogens is 3. The molecule has 1 aromatic heterocycles. The van der Waals surface area contributed by atoms with Gasteiger partial charge in [0.1, 0.15) is 0 Å². The molecule has 1 N–H and O–H groups in total. The van der Waals surface area contributed by atoms with Gasteiger partial charge in [-0.15, -0.1) is 0 Å². The largest absolute Gasteiger partial charge is 0.416 e. The normalized spacial score (nSPS) is 11.6. The minimum atomic E-state index is -4.31. The Hall–Kier alpha value is -2.41. The smallest absolute Gasteiger partial charge is 0.300 e. The van der Waals surface area contributed by atoms with Crippen molar-refractivity contribution in [2.45, 2.75) is 19.1 Å². The van der Waals surface area contributed by atoms with Crippen molar-refractivity contribution in [2.24, 2.45) is 0 Å². The minimum absolute atomic E-state index is 0.487. The van der Waals surface area contributed by atoms with Crippen molar-refractivity contribution in [2.75, 3.05) is 0 Å². The van der Waals surface area contributed by atoms with Crippen LogP contribution in [0.1, 0.15) is 11.1 Å². The number of H-pyrrole nitrogens is 1. The predicted molar refractivity (Wildman–Crippen MR) is 88.0 cm³/mol. The van der Waals surface area contributed by atoms with Crippen LogP contribution in [-0.2, 0) is 19.1 Å². The van der Waals surface area contributed by atoms with Gasteiger partial charge >= 0.3 is 6.18 Å². The van der Waals surface area contributed by atoms with Crippen LogP contribution in [0.3, 0.4) is 0 Å². The van der Waals surface area contributed by atoms with Crippen molar-refractivity contribution in [3.8, 4) is 11.4 Å². The van der Waals surface area contributed by atoms with E-state index in [1.54, 1.807) is 0 Å². The van der Waals surface area contributed by atoms with Gasteiger partial charge in [0.05, 0.1) is 5.56 Å². The maximum atomic E-state index is 12.6. The van der Waals surface area contributed by atoms with E-state index >= 15 is 0 Å². The zero-order chi connectivity index (χ0) is 17.2. The van der Waals surface area contributed by atoms with E-state index < -0.39 is 11.7 Å². The highest BCUT2D eigenvalue weighted by Gasteiger charge is 2.29. The molecule has 1 heterocycles. The molecule has 0 fully saturated rings. The van der Waals surface area contributed by atoms with Crippen LogP contribution in [0.15, 0.2) is 54.6 Å². The van der Waals surface area contributed by atoms with E-state index in [-0.39, 0.29) is 0 Å². The Morgan fingerprint density at radius 3 is 2.29 bits per heavy atom. The molecule has 0 spiro atoms. The van der Waals surface area contributed by atoms with Gasteiger partial charge in [-0.3, -0.25) is 9.67 Å². The van der Waals surface area contributed by atoms with Crippen molar-refractivity contribution >= 4 is 12.2 Å². The van der Waals surface area contributed by atoms with Gasteiger partial charge in [-0.1, -0.05) is 42.5 Å². The molecule has 0 aliphatic heterocycles. The lowest BCUT2D eigenvalue weighted by Crippen LogP contribution is -2.06. The second-order valence-corrected chi connectivity index (χ2v) is 5.70. The molecule has 3 nitrogen and oxygen atoms in total. The van der Waals surface area contributed by atoms with Crippen LogP contribution in [0.4, 0.5) is 13.2 Å². The lowest BCUT2D eigenvalue weighted by molar-refractivity contribution is -0.137. The molecule has 3 aromatic rings. The van der Waals surface area contributed by atoms with E-state index in [1.165, 1.54) is 12.1 Å². The number of hydrogen-bond acceptors (Lipinski definition) is 2.